The van der Waals surface area contributed by atoms with Crippen LogP contribution >= 0.6 is 0 Å². The van der Waals surface area contributed by atoms with E-state index in [9.17, 15) is 9.90 Å². The van der Waals surface area contributed by atoms with Gasteiger partial charge in [-0.05, 0) is 43.5 Å². The Labute approximate surface area is 141 Å². The standard InChI is InChI=1S/C19H22N2O3/c1-14-5-3-4-6-17(14)24-13-19(23)8-10-21(12-19)18(22)16-7-9-20-11-15(16)2/h3-7,9,11,23H,8,10,12-13H2,1-2H3. The minimum absolute atomic E-state index is 0.0679. The Hall–Kier alpha value is -2.40. The van der Waals surface area contributed by atoms with Crippen molar-refractivity contribution >= 4 is 5.91 Å². The first-order valence-corrected chi connectivity index (χ1v) is 8.09. The molecule has 24 heavy (non-hydrogen) atoms. The van der Waals surface area contributed by atoms with E-state index in [0.717, 1.165) is 16.9 Å². The molecular formula is C19H22N2O3. The zero-order valence-electron chi connectivity index (χ0n) is 14.0. The molecule has 1 aliphatic heterocycles. The van der Waals surface area contributed by atoms with E-state index in [1.807, 2.05) is 38.1 Å². The highest BCUT2D eigenvalue weighted by molar-refractivity contribution is 5.95. The number of hydrogen-bond acceptors (Lipinski definition) is 4. The third-order valence-electron chi connectivity index (χ3n) is 4.46. The molecule has 1 fully saturated rings. The molecule has 1 amide bonds. The van der Waals surface area contributed by atoms with Crippen LogP contribution in [-0.2, 0) is 0 Å². The average molecular weight is 326 g/mol. The van der Waals surface area contributed by atoms with Gasteiger partial charge in [-0.1, -0.05) is 18.2 Å². The van der Waals surface area contributed by atoms with E-state index in [4.69, 9.17) is 4.74 Å². The van der Waals surface area contributed by atoms with Crippen LogP contribution in [0.3, 0.4) is 0 Å². The maximum Gasteiger partial charge on any atom is 0.254 e. The molecule has 2 aromatic rings. The van der Waals surface area contributed by atoms with Crippen molar-refractivity contribution < 1.29 is 14.6 Å². The number of likely N-dealkylation sites (tertiary alicyclic amines) is 1. The smallest absolute Gasteiger partial charge is 0.254 e. The van der Waals surface area contributed by atoms with E-state index in [2.05, 4.69) is 4.98 Å². The van der Waals surface area contributed by atoms with Crippen molar-refractivity contribution in [1.82, 2.24) is 9.88 Å². The summed E-state index contributed by atoms with van der Waals surface area (Å²) in [5.41, 5.74) is 1.49. The fourth-order valence-corrected chi connectivity index (χ4v) is 2.96. The van der Waals surface area contributed by atoms with Crippen molar-refractivity contribution in [3.8, 4) is 5.75 Å². The normalized spacial score (nSPS) is 20.2. The molecule has 0 aliphatic carbocycles. The number of carbonyl (C=O) groups is 1. The second-order valence-electron chi connectivity index (χ2n) is 6.45. The summed E-state index contributed by atoms with van der Waals surface area (Å²) < 4.78 is 5.78. The summed E-state index contributed by atoms with van der Waals surface area (Å²) in [6, 6.07) is 9.43. The van der Waals surface area contributed by atoms with Crippen LogP contribution in [0.15, 0.2) is 42.7 Å². The lowest BCUT2D eigenvalue weighted by molar-refractivity contribution is 0.00412. The number of pyridine rings is 1. The molecule has 1 aromatic heterocycles. The number of aryl methyl sites for hydroxylation is 2. The SMILES string of the molecule is Cc1ccccc1OCC1(O)CCN(C(=O)c2ccncc2C)C1. The first-order valence-electron chi connectivity index (χ1n) is 8.09. The molecule has 0 radical (unpaired) electrons. The van der Waals surface area contributed by atoms with Crippen molar-refractivity contribution in [2.75, 3.05) is 19.7 Å². The van der Waals surface area contributed by atoms with Crippen LogP contribution < -0.4 is 4.74 Å². The highest BCUT2D eigenvalue weighted by atomic mass is 16.5. The largest absolute Gasteiger partial charge is 0.490 e. The quantitative estimate of drug-likeness (QED) is 0.937. The number of carbonyl (C=O) groups excluding carboxylic acids is 1. The summed E-state index contributed by atoms with van der Waals surface area (Å²) in [6.45, 7) is 4.81. The van der Waals surface area contributed by atoms with Crippen LogP contribution in [0, 0.1) is 13.8 Å². The first-order chi connectivity index (χ1) is 11.5. The van der Waals surface area contributed by atoms with E-state index in [0.29, 0.717) is 18.5 Å². The average Bonchev–Trinajstić information content (AvgIpc) is 2.97. The zero-order chi connectivity index (χ0) is 17.2. The Kier molecular flexibility index (Phi) is 4.53. The Morgan fingerprint density at radius 1 is 1.29 bits per heavy atom. The van der Waals surface area contributed by atoms with Gasteiger partial charge >= 0.3 is 0 Å². The van der Waals surface area contributed by atoms with Crippen molar-refractivity contribution in [3.63, 3.8) is 0 Å². The second kappa shape index (κ2) is 6.61. The van der Waals surface area contributed by atoms with Gasteiger partial charge < -0.3 is 14.7 Å². The topological polar surface area (TPSA) is 62.7 Å². The second-order valence-corrected chi connectivity index (χ2v) is 6.45. The van der Waals surface area contributed by atoms with Gasteiger partial charge in [0.15, 0.2) is 0 Å². The Bertz CT molecular complexity index is 747. The molecule has 1 aromatic carbocycles. The highest BCUT2D eigenvalue weighted by Crippen LogP contribution is 2.26. The number of β-amino-alcohol motifs (C(OH)–C–C–N with tert-alkyl or cyclic N) is 1. The monoisotopic (exact) mass is 326 g/mol. The predicted octanol–water partition coefficient (Wildman–Crippen LogP) is 2.35. The molecule has 1 atom stereocenters. The van der Waals surface area contributed by atoms with Gasteiger partial charge in [0.2, 0.25) is 0 Å². The molecule has 1 saturated heterocycles. The van der Waals surface area contributed by atoms with E-state index in [-0.39, 0.29) is 19.1 Å². The summed E-state index contributed by atoms with van der Waals surface area (Å²) in [5.74, 6) is 0.697. The zero-order valence-corrected chi connectivity index (χ0v) is 14.0. The number of rotatable bonds is 4. The lowest BCUT2D eigenvalue weighted by Gasteiger charge is -2.24. The predicted molar refractivity (Wildman–Crippen MR) is 91.1 cm³/mol. The van der Waals surface area contributed by atoms with Gasteiger partial charge in [0, 0.05) is 24.5 Å². The third-order valence-corrected chi connectivity index (χ3v) is 4.46. The van der Waals surface area contributed by atoms with E-state index in [1.54, 1.807) is 23.4 Å². The minimum Gasteiger partial charge on any atom is -0.490 e. The molecule has 126 valence electrons. The van der Waals surface area contributed by atoms with Crippen LogP contribution in [0.25, 0.3) is 0 Å². The Morgan fingerprint density at radius 3 is 2.83 bits per heavy atom. The summed E-state index contributed by atoms with van der Waals surface area (Å²) in [5, 5.41) is 10.7. The molecule has 3 rings (SSSR count). The van der Waals surface area contributed by atoms with Gasteiger partial charge in [0.1, 0.15) is 18.0 Å². The highest BCUT2D eigenvalue weighted by Gasteiger charge is 2.39. The molecule has 1 unspecified atom stereocenters. The number of ether oxygens (including phenoxy) is 1. The summed E-state index contributed by atoms with van der Waals surface area (Å²) in [7, 11) is 0. The number of nitrogens with zero attached hydrogens (tertiary/aromatic N) is 2. The van der Waals surface area contributed by atoms with Gasteiger partial charge in [0.05, 0.1) is 6.54 Å². The minimum atomic E-state index is -1.02. The van der Waals surface area contributed by atoms with Crippen LogP contribution in [0.1, 0.15) is 27.9 Å². The van der Waals surface area contributed by atoms with Crippen LogP contribution in [0.4, 0.5) is 0 Å². The van der Waals surface area contributed by atoms with Crippen LogP contribution in [0.2, 0.25) is 0 Å². The van der Waals surface area contributed by atoms with Crippen LogP contribution in [-0.4, -0.2) is 46.2 Å². The van der Waals surface area contributed by atoms with Gasteiger partial charge in [-0.3, -0.25) is 9.78 Å². The molecule has 0 bridgehead atoms. The lowest BCUT2D eigenvalue weighted by Crippen LogP contribution is -2.40. The van der Waals surface area contributed by atoms with E-state index < -0.39 is 5.60 Å². The van der Waals surface area contributed by atoms with Gasteiger partial charge in [-0.25, -0.2) is 0 Å². The van der Waals surface area contributed by atoms with Crippen molar-refractivity contribution in [2.24, 2.45) is 0 Å². The molecular weight excluding hydrogens is 304 g/mol. The number of para-hydroxylation sites is 1. The summed E-state index contributed by atoms with van der Waals surface area (Å²) in [4.78, 5) is 18.3. The van der Waals surface area contributed by atoms with Crippen molar-refractivity contribution in [2.45, 2.75) is 25.9 Å². The number of aromatic nitrogens is 1. The van der Waals surface area contributed by atoms with Gasteiger partial charge in [0.25, 0.3) is 5.91 Å². The maximum absolute atomic E-state index is 12.6. The third kappa shape index (κ3) is 3.41. The lowest BCUT2D eigenvalue weighted by atomic mass is 10.1. The van der Waals surface area contributed by atoms with E-state index in [1.165, 1.54) is 0 Å². The Morgan fingerprint density at radius 2 is 2.08 bits per heavy atom. The number of hydrogen-bond donors (Lipinski definition) is 1. The van der Waals surface area contributed by atoms with Gasteiger partial charge in [-0.15, -0.1) is 0 Å². The molecule has 0 saturated carbocycles. The molecule has 1 aliphatic rings. The summed E-state index contributed by atoms with van der Waals surface area (Å²) in [6.07, 6.45) is 3.80. The fraction of sp³-hybridized carbons (Fsp3) is 0.368. The number of aliphatic hydroxyl groups is 1. The van der Waals surface area contributed by atoms with Crippen molar-refractivity contribution in [1.29, 1.82) is 0 Å². The van der Waals surface area contributed by atoms with E-state index >= 15 is 0 Å². The first kappa shape index (κ1) is 16.5. The van der Waals surface area contributed by atoms with Crippen LogP contribution in [0.5, 0.6) is 5.75 Å². The number of benzene rings is 1. The Balaban J connectivity index is 1.65. The fourth-order valence-electron chi connectivity index (χ4n) is 2.96. The molecule has 5 nitrogen and oxygen atoms in total. The number of amides is 1. The molecule has 1 N–H and O–H groups in total. The maximum atomic E-state index is 12.6. The molecule has 5 heteroatoms. The molecule has 0 spiro atoms. The van der Waals surface area contributed by atoms with Crippen molar-refractivity contribution in [3.05, 3.63) is 59.4 Å². The summed E-state index contributed by atoms with van der Waals surface area (Å²) >= 11 is 0. The molecule has 2 heterocycles. The van der Waals surface area contributed by atoms with Gasteiger partial charge in [-0.2, -0.15) is 0 Å².